The van der Waals surface area contributed by atoms with Gasteiger partial charge in [0.1, 0.15) is 5.75 Å². The number of aromatic amines is 1. The summed E-state index contributed by atoms with van der Waals surface area (Å²) in [6.07, 6.45) is 1.17. The Bertz CT molecular complexity index is 1070. The zero-order chi connectivity index (χ0) is 20.5. The highest BCUT2D eigenvalue weighted by Gasteiger charge is 2.24. The number of H-pyrrole nitrogens is 1. The van der Waals surface area contributed by atoms with Crippen molar-refractivity contribution in [1.82, 2.24) is 9.88 Å². The molecule has 0 spiro atoms. The normalized spacial score (nSPS) is 13.3. The Morgan fingerprint density at radius 3 is 2.45 bits per heavy atom. The summed E-state index contributed by atoms with van der Waals surface area (Å²) >= 11 is 0. The maximum Gasteiger partial charge on any atom is 0.227 e. The van der Waals surface area contributed by atoms with Gasteiger partial charge in [0.25, 0.3) is 0 Å². The van der Waals surface area contributed by atoms with Gasteiger partial charge < -0.3 is 24.1 Å². The zero-order valence-corrected chi connectivity index (χ0v) is 17.3. The minimum absolute atomic E-state index is 0.122. The quantitative estimate of drug-likeness (QED) is 0.718. The molecule has 0 unspecified atom stereocenters. The Balaban J connectivity index is 1.57. The fraction of sp³-hybridized carbons (Fsp3) is 0.348. The number of aryl methyl sites for hydroxylation is 1. The number of nitrogens with zero attached hydrogens (tertiary/aromatic N) is 1. The van der Waals surface area contributed by atoms with Gasteiger partial charge in [-0.15, -0.1) is 0 Å². The summed E-state index contributed by atoms with van der Waals surface area (Å²) in [6, 6.07) is 9.91. The van der Waals surface area contributed by atoms with Crippen molar-refractivity contribution < 1.29 is 19.0 Å². The van der Waals surface area contributed by atoms with Gasteiger partial charge in [-0.1, -0.05) is 0 Å². The standard InChI is InChI=1S/C23H26N2O4/c1-14-18(19-11-17(27-2)5-6-20(19)24-14)12-23(26)25-8-7-15-9-21(28-3)22(29-4)10-16(15)13-25/h5-6,9-11,24H,7-8,12-13H2,1-4H3. The first kappa shape index (κ1) is 19.2. The summed E-state index contributed by atoms with van der Waals surface area (Å²) in [5, 5.41) is 1.04. The number of nitrogens with one attached hydrogen (secondary N) is 1. The van der Waals surface area contributed by atoms with Crippen LogP contribution >= 0.6 is 0 Å². The zero-order valence-electron chi connectivity index (χ0n) is 17.3. The van der Waals surface area contributed by atoms with E-state index in [9.17, 15) is 4.79 Å². The second-order valence-electron chi connectivity index (χ2n) is 7.36. The smallest absolute Gasteiger partial charge is 0.227 e. The van der Waals surface area contributed by atoms with E-state index >= 15 is 0 Å². The van der Waals surface area contributed by atoms with Gasteiger partial charge in [-0.05, 0) is 60.4 Å². The number of methoxy groups -OCH3 is 3. The lowest BCUT2D eigenvalue weighted by molar-refractivity contribution is -0.131. The second kappa shape index (κ2) is 7.70. The minimum atomic E-state index is 0.122. The fourth-order valence-electron chi connectivity index (χ4n) is 4.08. The van der Waals surface area contributed by atoms with Crippen LogP contribution < -0.4 is 14.2 Å². The van der Waals surface area contributed by atoms with Crippen LogP contribution in [0, 0.1) is 6.92 Å². The van der Waals surface area contributed by atoms with E-state index in [1.807, 2.05) is 42.2 Å². The van der Waals surface area contributed by atoms with Crippen molar-refractivity contribution in [3.05, 3.63) is 52.7 Å². The highest BCUT2D eigenvalue weighted by atomic mass is 16.5. The van der Waals surface area contributed by atoms with E-state index in [1.165, 1.54) is 5.56 Å². The summed E-state index contributed by atoms with van der Waals surface area (Å²) in [6.45, 7) is 3.29. The van der Waals surface area contributed by atoms with Crippen molar-refractivity contribution >= 4 is 16.8 Å². The summed E-state index contributed by atoms with van der Waals surface area (Å²) < 4.78 is 16.2. The Labute approximate surface area is 170 Å². The number of aromatic nitrogens is 1. The Morgan fingerprint density at radius 2 is 1.76 bits per heavy atom. The predicted octanol–water partition coefficient (Wildman–Crippen LogP) is 3.63. The highest BCUT2D eigenvalue weighted by molar-refractivity contribution is 5.91. The van der Waals surface area contributed by atoms with Crippen LogP contribution in [-0.4, -0.2) is 43.7 Å². The SMILES string of the molecule is COc1ccc2[nH]c(C)c(CC(=O)N3CCc4cc(OC)c(OC)cc4C3)c2c1. The monoisotopic (exact) mass is 394 g/mol. The van der Waals surface area contributed by atoms with Crippen molar-refractivity contribution in [3.8, 4) is 17.2 Å². The van der Waals surface area contributed by atoms with Crippen LogP contribution in [-0.2, 0) is 24.2 Å². The third-order valence-electron chi connectivity index (χ3n) is 5.73. The van der Waals surface area contributed by atoms with Gasteiger partial charge in [-0.25, -0.2) is 0 Å². The molecule has 2 aromatic carbocycles. The molecule has 1 amide bonds. The van der Waals surface area contributed by atoms with Crippen molar-refractivity contribution in [3.63, 3.8) is 0 Å². The molecule has 1 aromatic heterocycles. The molecule has 0 aliphatic carbocycles. The van der Waals surface area contributed by atoms with Crippen LogP contribution in [0.5, 0.6) is 17.2 Å². The van der Waals surface area contributed by atoms with E-state index in [4.69, 9.17) is 14.2 Å². The first-order valence-electron chi connectivity index (χ1n) is 9.70. The number of carbonyl (C=O) groups excluding carboxylic acids is 1. The molecule has 0 atom stereocenters. The lowest BCUT2D eigenvalue weighted by atomic mass is 9.98. The van der Waals surface area contributed by atoms with Gasteiger partial charge in [-0.2, -0.15) is 0 Å². The third kappa shape index (κ3) is 3.50. The lowest BCUT2D eigenvalue weighted by Crippen LogP contribution is -2.37. The van der Waals surface area contributed by atoms with E-state index in [0.717, 1.165) is 45.6 Å². The maximum absolute atomic E-state index is 13.1. The fourth-order valence-corrected chi connectivity index (χ4v) is 4.08. The van der Waals surface area contributed by atoms with Gasteiger partial charge in [0.05, 0.1) is 27.8 Å². The van der Waals surface area contributed by atoms with Gasteiger partial charge >= 0.3 is 0 Å². The molecule has 0 radical (unpaired) electrons. The Morgan fingerprint density at radius 1 is 1.03 bits per heavy atom. The summed E-state index contributed by atoms with van der Waals surface area (Å²) in [4.78, 5) is 18.4. The van der Waals surface area contributed by atoms with Crippen molar-refractivity contribution in [2.75, 3.05) is 27.9 Å². The minimum Gasteiger partial charge on any atom is -0.497 e. The summed E-state index contributed by atoms with van der Waals surface area (Å²) in [5.74, 6) is 2.34. The van der Waals surface area contributed by atoms with E-state index < -0.39 is 0 Å². The topological polar surface area (TPSA) is 63.8 Å². The molecule has 152 valence electrons. The van der Waals surface area contributed by atoms with Crippen LogP contribution in [0.1, 0.15) is 22.4 Å². The molecule has 0 bridgehead atoms. The van der Waals surface area contributed by atoms with Gasteiger partial charge in [0, 0.05) is 29.7 Å². The van der Waals surface area contributed by atoms with Gasteiger partial charge in [-0.3, -0.25) is 4.79 Å². The molecule has 6 nitrogen and oxygen atoms in total. The molecule has 4 rings (SSSR count). The van der Waals surface area contributed by atoms with Crippen LogP contribution in [0.25, 0.3) is 10.9 Å². The van der Waals surface area contributed by atoms with E-state index in [-0.39, 0.29) is 5.91 Å². The molecule has 1 aliphatic rings. The molecular weight excluding hydrogens is 368 g/mol. The Kier molecular flexibility index (Phi) is 5.09. The van der Waals surface area contributed by atoms with E-state index in [1.54, 1.807) is 21.3 Å². The molecule has 1 N–H and O–H groups in total. The molecule has 0 fully saturated rings. The predicted molar refractivity (Wildman–Crippen MR) is 112 cm³/mol. The molecule has 0 saturated carbocycles. The van der Waals surface area contributed by atoms with E-state index in [0.29, 0.717) is 25.3 Å². The van der Waals surface area contributed by atoms with Crippen molar-refractivity contribution in [2.45, 2.75) is 26.3 Å². The molecular formula is C23H26N2O4. The Hall–Kier alpha value is -3.15. The first-order valence-corrected chi connectivity index (χ1v) is 9.70. The third-order valence-corrected chi connectivity index (χ3v) is 5.73. The van der Waals surface area contributed by atoms with Crippen molar-refractivity contribution in [1.29, 1.82) is 0 Å². The molecule has 6 heteroatoms. The van der Waals surface area contributed by atoms with Crippen molar-refractivity contribution in [2.24, 2.45) is 0 Å². The number of benzene rings is 2. The average Bonchev–Trinajstić information content (AvgIpc) is 3.06. The number of hydrogen-bond acceptors (Lipinski definition) is 4. The highest BCUT2D eigenvalue weighted by Crippen LogP contribution is 2.34. The number of ether oxygens (including phenoxy) is 3. The van der Waals surface area contributed by atoms with Crippen LogP contribution in [0.3, 0.4) is 0 Å². The molecule has 29 heavy (non-hydrogen) atoms. The number of carbonyl (C=O) groups is 1. The van der Waals surface area contributed by atoms with Crippen LogP contribution in [0.2, 0.25) is 0 Å². The molecule has 0 saturated heterocycles. The summed E-state index contributed by atoms with van der Waals surface area (Å²) in [7, 11) is 4.92. The maximum atomic E-state index is 13.1. The van der Waals surface area contributed by atoms with Crippen LogP contribution in [0.15, 0.2) is 30.3 Å². The number of fused-ring (bicyclic) bond motifs is 2. The molecule has 3 aromatic rings. The van der Waals surface area contributed by atoms with Gasteiger partial charge in [0.2, 0.25) is 5.91 Å². The van der Waals surface area contributed by atoms with Crippen LogP contribution in [0.4, 0.5) is 0 Å². The molecule has 1 aliphatic heterocycles. The second-order valence-corrected chi connectivity index (χ2v) is 7.36. The average molecular weight is 394 g/mol. The number of rotatable bonds is 5. The number of amides is 1. The lowest BCUT2D eigenvalue weighted by Gasteiger charge is -2.30. The molecule has 2 heterocycles. The summed E-state index contributed by atoms with van der Waals surface area (Å²) in [5.41, 5.74) is 5.39. The van der Waals surface area contributed by atoms with Gasteiger partial charge in [0.15, 0.2) is 11.5 Å². The first-order chi connectivity index (χ1) is 14.0. The largest absolute Gasteiger partial charge is 0.497 e. The van der Waals surface area contributed by atoms with E-state index in [2.05, 4.69) is 4.98 Å². The number of hydrogen-bond donors (Lipinski definition) is 1.